The first-order chi connectivity index (χ1) is 13.7. The van der Waals surface area contributed by atoms with E-state index in [4.69, 9.17) is 20.2 Å². The molecule has 1 unspecified atom stereocenters. The van der Waals surface area contributed by atoms with Crippen LogP contribution in [-0.2, 0) is 0 Å². The van der Waals surface area contributed by atoms with Crippen LogP contribution in [0.15, 0.2) is 71.2 Å². The summed E-state index contributed by atoms with van der Waals surface area (Å²) in [6.07, 6.45) is 0.777. The maximum atomic E-state index is 6.22. The summed E-state index contributed by atoms with van der Waals surface area (Å²) in [5, 5.41) is 5.57. The normalized spacial score (nSPS) is 18.3. The van der Waals surface area contributed by atoms with E-state index in [9.17, 15) is 0 Å². The van der Waals surface area contributed by atoms with E-state index < -0.39 is 0 Å². The molecular formula is C23H21N3O2. The van der Waals surface area contributed by atoms with Crippen LogP contribution in [0, 0.1) is 0 Å². The van der Waals surface area contributed by atoms with Gasteiger partial charge in [-0.15, -0.1) is 0 Å². The Labute approximate surface area is 163 Å². The van der Waals surface area contributed by atoms with Crippen molar-refractivity contribution in [2.75, 3.05) is 13.7 Å². The van der Waals surface area contributed by atoms with E-state index in [-0.39, 0.29) is 6.04 Å². The molecule has 0 aliphatic carbocycles. The Balaban J connectivity index is 1.67. The summed E-state index contributed by atoms with van der Waals surface area (Å²) < 4.78 is 11.5. The van der Waals surface area contributed by atoms with Crippen LogP contribution in [0.2, 0.25) is 0 Å². The largest absolute Gasteiger partial charge is 0.497 e. The summed E-state index contributed by atoms with van der Waals surface area (Å²) in [5.41, 5.74) is 10.5. The van der Waals surface area contributed by atoms with E-state index in [0.29, 0.717) is 12.6 Å². The van der Waals surface area contributed by atoms with E-state index in [1.165, 1.54) is 5.57 Å². The molecule has 0 radical (unpaired) electrons. The highest BCUT2D eigenvalue weighted by Gasteiger charge is 2.29. The maximum absolute atomic E-state index is 6.22. The molecule has 0 bridgehead atoms. The topological polar surface area (TPSA) is 68.9 Å². The van der Waals surface area contributed by atoms with E-state index >= 15 is 0 Å². The third kappa shape index (κ3) is 2.67. The Morgan fingerprint density at radius 3 is 2.71 bits per heavy atom. The molecule has 0 spiro atoms. The second kappa shape index (κ2) is 6.60. The number of fused-ring (bicyclic) bond motifs is 4. The lowest BCUT2D eigenvalue weighted by atomic mass is 9.91. The molecule has 0 amide bonds. The maximum Gasteiger partial charge on any atom is 0.194 e. The van der Waals surface area contributed by atoms with Gasteiger partial charge in [0.1, 0.15) is 17.5 Å². The monoisotopic (exact) mass is 371 g/mol. The van der Waals surface area contributed by atoms with Gasteiger partial charge in [-0.05, 0) is 34.7 Å². The van der Waals surface area contributed by atoms with Crippen LogP contribution in [0.3, 0.4) is 0 Å². The molecule has 0 saturated carbocycles. The van der Waals surface area contributed by atoms with E-state index in [1.807, 2.05) is 36.4 Å². The second-order valence-corrected chi connectivity index (χ2v) is 6.98. The molecule has 28 heavy (non-hydrogen) atoms. The number of methoxy groups -OCH3 is 1. The number of rotatable bonds is 2. The molecule has 0 saturated heterocycles. The van der Waals surface area contributed by atoms with Crippen molar-refractivity contribution >= 4 is 22.4 Å². The zero-order valence-corrected chi connectivity index (χ0v) is 15.6. The molecule has 2 heterocycles. The SMILES string of the molecule is COc1ccc(C2N=C(N)NC3=C2CCOc2c3ccc3ccccc23)cc1. The lowest BCUT2D eigenvalue weighted by Crippen LogP contribution is -2.35. The smallest absolute Gasteiger partial charge is 0.194 e. The lowest BCUT2D eigenvalue weighted by molar-refractivity contribution is 0.325. The van der Waals surface area contributed by atoms with Gasteiger partial charge in [0.2, 0.25) is 0 Å². The molecule has 5 nitrogen and oxygen atoms in total. The van der Waals surface area contributed by atoms with Crippen LogP contribution in [0.1, 0.15) is 23.6 Å². The zero-order valence-electron chi connectivity index (χ0n) is 15.6. The molecule has 140 valence electrons. The molecular weight excluding hydrogens is 350 g/mol. The van der Waals surface area contributed by atoms with Gasteiger partial charge in [-0.3, -0.25) is 0 Å². The molecule has 0 fully saturated rings. The minimum absolute atomic E-state index is 0.136. The highest BCUT2D eigenvalue weighted by Crippen LogP contribution is 2.42. The molecule has 2 aliphatic heterocycles. The highest BCUT2D eigenvalue weighted by molar-refractivity contribution is 5.98. The summed E-state index contributed by atoms with van der Waals surface area (Å²) in [4.78, 5) is 4.70. The Bertz CT molecular complexity index is 1120. The van der Waals surface area contributed by atoms with Crippen LogP contribution in [0.25, 0.3) is 16.5 Å². The molecule has 5 rings (SSSR count). The predicted molar refractivity (Wildman–Crippen MR) is 111 cm³/mol. The van der Waals surface area contributed by atoms with Crippen molar-refractivity contribution in [2.24, 2.45) is 10.7 Å². The average molecular weight is 371 g/mol. The van der Waals surface area contributed by atoms with Crippen LogP contribution < -0.4 is 20.5 Å². The predicted octanol–water partition coefficient (Wildman–Crippen LogP) is 4.00. The van der Waals surface area contributed by atoms with Gasteiger partial charge in [0, 0.05) is 17.4 Å². The number of hydrogen-bond donors (Lipinski definition) is 2. The highest BCUT2D eigenvalue weighted by atomic mass is 16.5. The van der Waals surface area contributed by atoms with E-state index in [1.54, 1.807) is 7.11 Å². The fourth-order valence-corrected chi connectivity index (χ4v) is 4.02. The molecule has 3 aromatic carbocycles. The van der Waals surface area contributed by atoms with Gasteiger partial charge < -0.3 is 20.5 Å². The van der Waals surface area contributed by atoms with E-state index in [2.05, 4.69) is 29.6 Å². The minimum Gasteiger partial charge on any atom is -0.497 e. The zero-order chi connectivity index (χ0) is 19.1. The van der Waals surface area contributed by atoms with Crippen LogP contribution in [-0.4, -0.2) is 19.7 Å². The summed E-state index contributed by atoms with van der Waals surface area (Å²) in [7, 11) is 1.67. The Morgan fingerprint density at radius 2 is 1.89 bits per heavy atom. The Morgan fingerprint density at radius 1 is 1.07 bits per heavy atom. The van der Waals surface area contributed by atoms with E-state index in [0.717, 1.165) is 45.5 Å². The molecule has 5 heteroatoms. The summed E-state index contributed by atoms with van der Waals surface area (Å²) in [5.74, 6) is 2.14. The van der Waals surface area contributed by atoms with Crippen LogP contribution >= 0.6 is 0 Å². The number of nitrogens with two attached hydrogens (primary N) is 1. The quantitative estimate of drug-likeness (QED) is 0.714. The first-order valence-electron chi connectivity index (χ1n) is 9.37. The van der Waals surface area contributed by atoms with Crippen molar-refractivity contribution in [3.05, 3.63) is 77.4 Å². The minimum atomic E-state index is -0.136. The molecule has 0 aromatic heterocycles. The third-order valence-corrected chi connectivity index (χ3v) is 5.37. The first-order valence-corrected chi connectivity index (χ1v) is 9.37. The summed E-state index contributed by atoms with van der Waals surface area (Å²) in [6, 6.07) is 20.4. The van der Waals surface area contributed by atoms with Crippen LogP contribution in [0.5, 0.6) is 11.5 Å². The Hall–Kier alpha value is -3.47. The number of benzene rings is 3. The molecule has 2 aliphatic rings. The average Bonchev–Trinajstić information content (AvgIpc) is 2.93. The van der Waals surface area contributed by atoms with Gasteiger partial charge in [0.25, 0.3) is 0 Å². The fraction of sp³-hybridized carbons (Fsp3) is 0.174. The number of nitrogens with zero attached hydrogens (tertiary/aromatic N) is 1. The summed E-state index contributed by atoms with van der Waals surface area (Å²) >= 11 is 0. The van der Waals surface area contributed by atoms with Gasteiger partial charge in [0.05, 0.1) is 19.4 Å². The number of ether oxygens (including phenoxy) is 2. The second-order valence-electron chi connectivity index (χ2n) is 6.98. The van der Waals surface area contributed by atoms with Crippen LogP contribution in [0.4, 0.5) is 0 Å². The fourth-order valence-electron chi connectivity index (χ4n) is 4.02. The van der Waals surface area contributed by atoms with Crippen molar-refractivity contribution < 1.29 is 9.47 Å². The number of aliphatic imine (C=N–C) groups is 1. The number of hydrogen-bond acceptors (Lipinski definition) is 5. The molecule has 3 N–H and O–H groups in total. The first kappa shape index (κ1) is 16.7. The molecule has 3 aromatic rings. The number of guanidine groups is 1. The summed E-state index contributed by atoms with van der Waals surface area (Å²) in [6.45, 7) is 0.601. The van der Waals surface area contributed by atoms with Crippen molar-refractivity contribution in [1.82, 2.24) is 5.32 Å². The Kier molecular flexibility index (Phi) is 3.93. The lowest BCUT2D eigenvalue weighted by Gasteiger charge is -2.26. The van der Waals surface area contributed by atoms with Crippen molar-refractivity contribution in [3.8, 4) is 11.5 Å². The standard InChI is InChI=1S/C23H21N3O2/c1-27-16-9-6-15(7-10-16)20-18-12-13-28-22-17-5-3-2-4-14(17)8-11-19(22)21(18)26-23(24)25-20/h2-11,20H,12-13H2,1H3,(H3,24,25,26). The van der Waals surface area contributed by atoms with Gasteiger partial charge in [-0.2, -0.15) is 0 Å². The van der Waals surface area contributed by atoms with Gasteiger partial charge in [-0.1, -0.05) is 42.5 Å². The van der Waals surface area contributed by atoms with Crippen molar-refractivity contribution in [2.45, 2.75) is 12.5 Å². The van der Waals surface area contributed by atoms with Gasteiger partial charge in [0.15, 0.2) is 5.96 Å². The number of nitrogens with one attached hydrogen (secondary N) is 1. The third-order valence-electron chi connectivity index (χ3n) is 5.37. The molecule has 1 atom stereocenters. The van der Waals surface area contributed by atoms with Gasteiger partial charge >= 0.3 is 0 Å². The van der Waals surface area contributed by atoms with Crippen molar-refractivity contribution in [1.29, 1.82) is 0 Å². The van der Waals surface area contributed by atoms with Crippen molar-refractivity contribution in [3.63, 3.8) is 0 Å². The van der Waals surface area contributed by atoms with Gasteiger partial charge in [-0.25, -0.2) is 4.99 Å².